The van der Waals surface area contributed by atoms with Gasteiger partial charge >= 0.3 is 0 Å². The number of nitrogens with one attached hydrogen (secondary N) is 1. The highest BCUT2D eigenvalue weighted by Crippen LogP contribution is 2.14. The van der Waals surface area contributed by atoms with Crippen LogP contribution < -0.4 is 10.9 Å². The van der Waals surface area contributed by atoms with Gasteiger partial charge in [0.1, 0.15) is 11.6 Å². The molecule has 0 unspecified atom stereocenters. The Hall–Kier alpha value is -3.80. The largest absolute Gasteiger partial charge is 0.352 e. The third-order valence-electron chi connectivity index (χ3n) is 4.97. The Morgan fingerprint density at radius 2 is 1.70 bits per heavy atom. The summed E-state index contributed by atoms with van der Waals surface area (Å²) >= 11 is 0. The van der Waals surface area contributed by atoms with E-state index in [0.29, 0.717) is 46.5 Å². The van der Waals surface area contributed by atoms with E-state index in [1.165, 1.54) is 10.6 Å². The summed E-state index contributed by atoms with van der Waals surface area (Å²) in [7, 11) is 0. The molecule has 0 saturated heterocycles. The maximum Gasteiger partial charge on any atom is 0.265 e. The van der Waals surface area contributed by atoms with Crippen LogP contribution in [0.1, 0.15) is 21.7 Å². The second-order valence-corrected chi connectivity index (χ2v) is 6.96. The van der Waals surface area contributed by atoms with Crippen molar-refractivity contribution in [3.8, 4) is 5.69 Å². The molecule has 6 heteroatoms. The number of aromatic nitrogens is 2. The van der Waals surface area contributed by atoms with Gasteiger partial charge in [0, 0.05) is 12.1 Å². The van der Waals surface area contributed by atoms with E-state index < -0.39 is 0 Å². The van der Waals surface area contributed by atoms with Crippen LogP contribution in [-0.2, 0) is 6.42 Å². The van der Waals surface area contributed by atoms with Gasteiger partial charge in [-0.1, -0.05) is 30.3 Å². The number of carbonyl (C=O) groups excluding carboxylic acids is 1. The van der Waals surface area contributed by atoms with Gasteiger partial charge in [0.15, 0.2) is 0 Å². The Kier molecular flexibility index (Phi) is 5.39. The summed E-state index contributed by atoms with van der Waals surface area (Å²) in [6.07, 6.45) is 0.411. The Morgan fingerprint density at radius 1 is 1.00 bits per heavy atom. The number of rotatable bonds is 5. The zero-order valence-electron chi connectivity index (χ0n) is 16.4. The number of hydrogen-bond acceptors (Lipinski definition) is 3. The molecule has 4 rings (SSSR count). The Morgan fingerprint density at radius 3 is 2.47 bits per heavy atom. The summed E-state index contributed by atoms with van der Waals surface area (Å²) < 4.78 is 15.2. The van der Waals surface area contributed by atoms with Crippen molar-refractivity contribution in [1.29, 1.82) is 0 Å². The van der Waals surface area contributed by atoms with Crippen molar-refractivity contribution >= 4 is 16.8 Å². The number of nitrogens with zero attached hydrogens (tertiary/aromatic N) is 2. The molecule has 0 spiro atoms. The lowest BCUT2D eigenvalue weighted by molar-refractivity contribution is 0.0954. The van der Waals surface area contributed by atoms with Crippen LogP contribution in [0.4, 0.5) is 4.39 Å². The lowest BCUT2D eigenvalue weighted by Crippen LogP contribution is -2.26. The first kappa shape index (κ1) is 19.5. The molecule has 150 valence electrons. The van der Waals surface area contributed by atoms with Crippen molar-refractivity contribution in [2.45, 2.75) is 13.3 Å². The van der Waals surface area contributed by atoms with Gasteiger partial charge in [0.2, 0.25) is 0 Å². The number of carbonyl (C=O) groups is 1. The minimum Gasteiger partial charge on any atom is -0.352 e. The lowest BCUT2D eigenvalue weighted by Gasteiger charge is -2.11. The molecule has 0 bridgehead atoms. The molecular formula is C24H20FN3O2. The monoisotopic (exact) mass is 401 g/mol. The average Bonchev–Trinajstić information content (AvgIpc) is 2.75. The number of amides is 1. The molecule has 0 aliphatic heterocycles. The normalized spacial score (nSPS) is 10.9. The van der Waals surface area contributed by atoms with E-state index >= 15 is 0 Å². The maximum absolute atomic E-state index is 13.7. The van der Waals surface area contributed by atoms with E-state index in [1.807, 2.05) is 12.1 Å². The third-order valence-corrected chi connectivity index (χ3v) is 4.97. The van der Waals surface area contributed by atoms with E-state index in [9.17, 15) is 14.0 Å². The van der Waals surface area contributed by atoms with Crippen molar-refractivity contribution in [3.63, 3.8) is 0 Å². The van der Waals surface area contributed by atoms with Gasteiger partial charge in [-0.3, -0.25) is 14.2 Å². The first-order valence-corrected chi connectivity index (χ1v) is 9.65. The van der Waals surface area contributed by atoms with Crippen molar-refractivity contribution < 1.29 is 9.18 Å². The van der Waals surface area contributed by atoms with Gasteiger partial charge in [-0.05, 0) is 61.4 Å². The van der Waals surface area contributed by atoms with Crippen molar-refractivity contribution in [2.24, 2.45) is 0 Å². The topological polar surface area (TPSA) is 64.0 Å². The van der Waals surface area contributed by atoms with Crippen molar-refractivity contribution in [1.82, 2.24) is 14.9 Å². The van der Waals surface area contributed by atoms with E-state index in [4.69, 9.17) is 0 Å². The molecule has 0 saturated carbocycles. The molecule has 0 atom stereocenters. The van der Waals surface area contributed by atoms with Gasteiger partial charge in [-0.15, -0.1) is 0 Å². The van der Waals surface area contributed by atoms with Crippen LogP contribution in [0, 0.1) is 12.7 Å². The zero-order chi connectivity index (χ0) is 21.1. The summed E-state index contributed by atoms with van der Waals surface area (Å²) in [4.78, 5) is 29.8. The molecule has 0 fully saturated rings. The second kappa shape index (κ2) is 8.29. The van der Waals surface area contributed by atoms with E-state index in [2.05, 4.69) is 10.3 Å². The Labute approximate surface area is 172 Å². The first-order chi connectivity index (χ1) is 14.5. The molecule has 1 N–H and O–H groups in total. The summed E-state index contributed by atoms with van der Waals surface area (Å²) in [6, 6.07) is 20.5. The average molecular weight is 401 g/mol. The summed E-state index contributed by atoms with van der Waals surface area (Å²) in [5.74, 6) is 0.0419. The number of para-hydroxylation sites is 1. The van der Waals surface area contributed by atoms with Crippen LogP contribution in [0.25, 0.3) is 16.6 Å². The summed E-state index contributed by atoms with van der Waals surface area (Å²) in [5, 5.41) is 3.33. The third kappa shape index (κ3) is 3.85. The molecular weight excluding hydrogens is 381 g/mol. The molecule has 4 aromatic rings. The van der Waals surface area contributed by atoms with Crippen molar-refractivity contribution in [3.05, 3.63) is 106 Å². The fourth-order valence-electron chi connectivity index (χ4n) is 3.42. The van der Waals surface area contributed by atoms with Gasteiger partial charge in [0.25, 0.3) is 11.5 Å². The minimum atomic E-state index is -0.277. The molecule has 1 heterocycles. The molecule has 1 aromatic heterocycles. The van der Waals surface area contributed by atoms with Gasteiger partial charge in [-0.25, -0.2) is 9.37 Å². The fourth-order valence-corrected chi connectivity index (χ4v) is 3.42. The highest BCUT2D eigenvalue weighted by Gasteiger charge is 2.11. The molecule has 0 radical (unpaired) electrons. The van der Waals surface area contributed by atoms with Crippen LogP contribution in [0.2, 0.25) is 0 Å². The molecule has 1 amide bonds. The van der Waals surface area contributed by atoms with Gasteiger partial charge in [-0.2, -0.15) is 0 Å². The zero-order valence-corrected chi connectivity index (χ0v) is 16.4. The Balaban J connectivity index is 1.50. The number of halogens is 1. The first-order valence-electron chi connectivity index (χ1n) is 9.65. The van der Waals surface area contributed by atoms with Crippen LogP contribution in [0.5, 0.6) is 0 Å². The second-order valence-electron chi connectivity index (χ2n) is 6.96. The number of hydrogen-bond donors (Lipinski definition) is 1. The molecule has 30 heavy (non-hydrogen) atoms. The summed E-state index contributed by atoms with van der Waals surface area (Å²) in [5.41, 5.74) is 2.17. The highest BCUT2D eigenvalue weighted by molar-refractivity contribution is 5.94. The minimum absolute atomic E-state index is 0.153. The SMILES string of the molecule is Cc1nc2ccccc2c(=O)n1-c1ccc(C(=O)NCCc2ccccc2F)cc1. The van der Waals surface area contributed by atoms with E-state index in [0.717, 1.165) is 0 Å². The molecule has 0 aliphatic rings. The lowest BCUT2D eigenvalue weighted by atomic mass is 10.1. The predicted molar refractivity (Wildman–Crippen MR) is 115 cm³/mol. The van der Waals surface area contributed by atoms with Crippen LogP contribution >= 0.6 is 0 Å². The molecule has 3 aromatic carbocycles. The molecule has 5 nitrogen and oxygen atoms in total. The van der Waals surface area contributed by atoms with Crippen LogP contribution in [0.3, 0.4) is 0 Å². The van der Waals surface area contributed by atoms with Gasteiger partial charge in [0.05, 0.1) is 16.6 Å². The van der Waals surface area contributed by atoms with Gasteiger partial charge < -0.3 is 5.32 Å². The Bertz CT molecular complexity index is 1280. The highest BCUT2D eigenvalue weighted by atomic mass is 19.1. The maximum atomic E-state index is 13.7. The number of aryl methyl sites for hydroxylation is 1. The van der Waals surface area contributed by atoms with Crippen molar-refractivity contribution in [2.75, 3.05) is 6.54 Å². The smallest absolute Gasteiger partial charge is 0.265 e. The fraction of sp³-hybridized carbons (Fsp3) is 0.125. The van der Waals surface area contributed by atoms with E-state index in [-0.39, 0.29) is 17.3 Å². The van der Waals surface area contributed by atoms with Crippen LogP contribution in [0.15, 0.2) is 77.6 Å². The number of fused-ring (bicyclic) bond motifs is 1. The quantitative estimate of drug-likeness (QED) is 0.553. The molecule has 0 aliphatic carbocycles. The van der Waals surface area contributed by atoms with E-state index in [1.54, 1.807) is 61.5 Å². The summed E-state index contributed by atoms with van der Waals surface area (Å²) in [6.45, 7) is 2.10. The van der Waals surface area contributed by atoms with Crippen LogP contribution in [-0.4, -0.2) is 22.0 Å². The predicted octanol–water partition coefficient (Wildman–Crippen LogP) is 3.81. The standard InChI is InChI=1S/C24H20FN3O2/c1-16-27-22-9-5-3-7-20(22)24(30)28(16)19-12-10-18(11-13-19)23(29)26-15-14-17-6-2-4-8-21(17)25/h2-13H,14-15H2,1H3,(H,26,29). The number of benzene rings is 3.